The molecule has 0 fully saturated rings. The van der Waals surface area contributed by atoms with Crippen LogP contribution in [0, 0.1) is 0 Å². The summed E-state index contributed by atoms with van der Waals surface area (Å²) in [6.07, 6.45) is 1.93. The van der Waals surface area contributed by atoms with Gasteiger partial charge in [0.15, 0.2) is 0 Å². The van der Waals surface area contributed by atoms with Gasteiger partial charge in [-0.05, 0) is 30.5 Å². The Morgan fingerprint density at radius 2 is 1.87 bits per heavy atom. The molecular formula is C17H26N4O2. The van der Waals surface area contributed by atoms with Crippen LogP contribution in [0.5, 0.6) is 0 Å². The summed E-state index contributed by atoms with van der Waals surface area (Å²) in [5, 5.41) is 8.68. The van der Waals surface area contributed by atoms with Crippen molar-refractivity contribution in [2.75, 3.05) is 32.7 Å². The molecule has 6 heteroatoms. The van der Waals surface area contributed by atoms with Gasteiger partial charge in [-0.25, -0.2) is 4.79 Å². The monoisotopic (exact) mass is 318 g/mol. The molecule has 1 heterocycles. The lowest BCUT2D eigenvalue weighted by molar-refractivity contribution is -0.120. The number of nitrogens with one attached hydrogen (secondary N) is 3. The largest absolute Gasteiger partial charge is 0.353 e. The van der Waals surface area contributed by atoms with Crippen molar-refractivity contribution in [1.29, 1.82) is 0 Å². The number of carbonyl (C=O) groups excluding carboxylic acids is 2. The molecule has 0 aromatic heterocycles. The molecule has 2 rings (SSSR count). The fourth-order valence-corrected chi connectivity index (χ4v) is 2.59. The summed E-state index contributed by atoms with van der Waals surface area (Å²) in [5.74, 6) is -0.158. The number of hydrogen-bond acceptors (Lipinski definition) is 3. The van der Waals surface area contributed by atoms with E-state index in [-0.39, 0.29) is 18.5 Å². The van der Waals surface area contributed by atoms with E-state index >= 15 is 0 Å². The maximum absolute atomic E-state index is 12.1. The van der Waals surface area contributed by atoms with E-state index in [1.54, 1.807) is 4.90 Å². The second kappa shape index (κ2) is 9.15. The summed E-state index contributed by atoms with van der Waals surface area (Å²) in [4.78, 5) is 25.6. The zero-order chi connectivity index (χ0) is 16.5. The van der Waals surface area contributed by atoms with Crippen molar-refractivity contribution in [3.8, 4) is 0 Å². The predicted molar refractivity (Wildman–Crippen MR) is 90.1 cm³/mol. The Hall–Kier alpha value is -2.08. The Bertz CT molecular complexity index is 533. The van der Waals surface area contributed by atoms with Crippen LogP contribution in [-0.4, -0.2) is 49.6 Å². The minimum atomic E-state index is -0.182. The number of rotatable bonds is 7. The van der Waals surface area contributed by atoms with Gasteiger partial charge in [0.2, 0.25) is 5.91 Å². The third-order valence-electron chi connectivity index (χ3n) is 3.87. The standard InChI is InChI=1S/C17H26N4O2/c1-2-8-18-9-10-19-16(22)12-20-17(23)21-11-7-14-5-3-4-6-15(14)13-21/h3-6,18H,2,7-13H2,1H3,(H,19,22)(H,20,23). The van der Waals surface area contributed by atoms with Crippen molar-refractivity contribution in [3.05, 3.63) is 35.4 Å². The van der Waals surface area contributed by atoms with Gasteiger partial charge in [0, 0.05) is 26.2 Å². The summed E-state index contributed by atoms with van der Waals surface area (Å²) in [7, 11) is 0. The molecule has 0 atom stereocenters. The Labute approximate surface area is 137 Å². The number of nitrogens with zero attached hydrogens (tertiary/aromatic N) is 1. The van der Waals surface area contributed by atoms with E-state index in [1.807, 2.05) is 18.2 Å². The van der Waals surface area contributed by atoms with E-state index in [1.165, 1.54) is 11.1 Å². The Balaban J connectivity index is 1.66. The molecule has 0 radical (unpaired) electrons. The number of carbonyl (C=O) groups is 2. The van der Waals surface area contributed by atoms with Gasteiger partial charge in [0.1, 0.15) is 0 Å². The molecule has 1 aromatic carbocycles. The smallest absolute Gasteiger partial charge is 0.318 e. The van der Waals surface area contributed by atoms with E-state index in [0.29, 0.717) is 19.6 Å². The highest BCUT2D eigenvalue weighted by Gasteiger charge is 2.20. The van der Waals surface area contributed by atoms with E-state index in [0.717, 1.165) is 25.9 Å². The molecule has 3 amide bonds. The molecule has 0 saturated heterocycles. The van der Waals surface area contributed by atoms with Crippen LogP contribution < -0.4 is 16.0 Å². The first-order valence-electron chi connectivity index (χ1n) is 8.27. The molecule has 6 nitrogen and oxygen atoms in total. The number of amides is 3. The molecule has 23 heavy (non-hydrogen) atoms. The van der Waals surface area contributed by atoms with Gasteiger partial charge in [0.25, 0.3) is 0 Å². The normalized spacial score (nSPS) is 13.3. The zero-order valence-electron chi connectivity index (χ0n) is 13.7. The van der Waals surface area contributed by atoms with Crippen LogP contribution in [0.1, 0.15) is 24.5 Å². The summed E-state index contributed by atoms with van der Waals surface area (Å²) in [5.41, 5.74) is 2.48. The van der Waals surface area contributed by atoms with Crippen LogP contribution >= 0.6 is 0 Å². The number of urea groups is 1. The second-order valence-electron chi connectivity index (χ2n) is 5.70. The third-order valence-corrected chi connectivity index (χ3v) is 3.87. The fraction of sp³-hybridized carbons (Fsp3) is 0.529. The van der Waals surface area contributed by atoms with E-state index in [2.05, 4.69) is 28.9 Å². The van der Waals surface area contributed by atoms with Gasteiger partial charge in [-0.3, -0.25) is 4.79 Å². The van der Waals surface area contributed by atoms with E-state index in [9.17, 15) is 9.59 Å². The van der Waals surface area contributed by atoms with Crippen molar-refractivity contribution < 1.29 is 9.59 Å². The van der Waals surface area contributed by atoms with Crippen molar-refractivity contribution >= 4 is 11.9 Å². The molecule has 0 bridgehead atoms. The first kappa shape index (κ1) is 17.3. The lowest BCUT2D eigenvalue weighted by Gasteiger charge is -2.28. The van der Waals surface area contributed by atoms with Gasteiger partial charge in [-0.15, -0.1) is 0 Å². The van der Waals surface area contributed by atoms with Gasteiger partial charge in [-0.2, -0.15) is 0 Å². The third kappa shape index (κ3) is 5.56. The van der Waals surface area contributed by atoms with Crippen LogP contribution in [0.3, 0.4) is 0 Å². The quantitative estimate of drug-likeness (QED) is 0.653. The Morgan fingerprint density at radius 3 is 2.65 bits per heavy atom. The molecule has 0 spiro atoms. The highest BCUT2D eigenvalue weighted by molar-refractivity contribution is 5.84. The summed E-state index contributed by atoms with van der Waals surface area (Å²) >= 11 is 0. The molecule has 1 aliphatic rings. The summed E-state index contributed by atoms with van der Waals surface area (Å²) in [6.45, 7) is 5.67. The van der Waals surface area contributed by atoms with Crippen LogP contribution in [0.15, 0.2) is 24.3 Å². The van der Waals surface area contributed by atoms with Crippen LogP contribution in [0.4, 0.5) is 4.79 Å². The van der Waals surface area contributed by atoms with E-state index in [4.69, 9.17) is 0 Å². The lowest BCUT2D eigenvalue weighted by atomic mass is 10.0. The first-order valence-corrected chi connectivity index (χ1v) is 8.27. The Morgan fingerprint density at radius 1 is 1.09 bits per heavy atom. The fourth-order valence-electron chi connectivity index (χ4n) is 2.59. The maximum Gasteiger partial charge on any atom is 0.318 e. The Kier molecular flexibility index (Phi) is 6.87. The molecular weight excluding hydrogens is 292 g/mol. The molecule has 1 aliphatic heterocycles. The van der Waals surface area contributed by atoms with Crippen molar-refractivity contribution in [2.24, 2.45) is 0 Å². The highest BCUT2D eigenvalue weighted by atomic mass is 16.2. The van der Waals surface area contributed by atoms with Crippen molar-refractivity contribution in [3.63, 3.8) is 0 Å². The average Bonchev–Trinajstić information content (AvgIpc) is 2.59. The molecule has 0 aliphatic carbocycles. The SMILES string of the molecule is CCCNCCNC(=O)CNC(=O)N1CCc2ccccc2C1. The lowest BCUT2D eigenvalue weighted by Crippen LogP contribution is -2.46. The molecule has 126 valence electrons. The van der Waals surface area contributed by atoms with Crippen LogP contribution in [-0.2, 0) is 17.8 Å². The molecule has 0 unspecified atom stereocenters. The minimum Gasteiger partial charge on any atom is -0.353 e. The van der Waals surface area contributed by atoms with Crippen LogP contribution in [0.25, 0.3) is 0 Å². The second-order valence-corrected chi connectivity index (χ2v) is 5.70. The zero-order valence-corrected chi connectivity index (χ0v) is 13.7. The number of benzene rings is 1. The average molecular weight is 318 g/mol. The number of fused-ring (bicyclic) bond motifs is 1. The maximum atomic E-state index is 12.1. The summed E-state index contributed by atoms with van der Waals surface area (Å²) < 4.78 is 0. The molecule has 3 N–H and O–H groups in total. The van der Waals surface area contributed by atoms with Crippen LogP contribution in [0.2, 0.25) is 0 Å². The molecule has 1 aromatic rings. The highest BCUT2D eigenvalue weighted by Crippen LogP contribution is 2.18. The van der Waals surface area contributed by atoms with Gasteiger partial charge in [0.05, 0.1) is 6.54 Å². The molecule has 0 saturated carbocycles. The van der Waals surface area contributed by atoms with Gasteiger partial charge in [-0.1, -0.05) is 31.2 Å². The van der Waals surface area contributed by atoms with Gasteiger partial charge >= 0.3 is 6.03 Å². The first-order chi connectivity index (χ1) is 11.2. The predicted octanol–water partition coefficient (Wildman–Crippen LogP) is 0.870. The van der Waals surface area contributed by atoms with Crippen molar-refractivity contribution in [2.45, 2.75) is 26.3 Å². The summed E-state index contributed by atoms with van der Waals surface area (Å²) in [6, 6.07) is 7.97. The van der Waals surface area contributed by atoms with Crippen molar-refractivity contribution in [1.82, 2.24) is 20.9 Å². The van der Waals surface area contributed by atoms with Gasteiger partial charge < -0.3 is 20.9 Å². The minimum absolute atomic E-state index is 0.0186. The number of hydrogen-bond donors (Lipinski definition) is 3. The van der Waals surface area contributed by atoms with E-state index < -0.39 is 0 Å². The topological polar surface area (TPSA) is 73.5 Å².